The fourth-order valence-electron chi connectivity index (χ4n) is 4.82. The molecule has 3 unspecified atom stereocenters. The van der Waals surface area contributed by atoms with Crippen molar-refractivity contribution in [3.8, 4) is 0 Å². The number of nitrogens with zero attached hydrogens (tertiary/aromatic N) is 4. The van der Waals surface area contributed by atoms with Crippen molar-refractivity contribution in [2.24, 2.45) is 5.10 Å². The van der Waals surface area contributed by atoms with Crippen molar-refractivity contribution in [3.63, 3.8) is 0 Å². The van der Waals surface area contributed by atoms with Crippen molar-refractivity contribution in [2.75, 3.05) is 25.4 Å². The summed E-state index contributed by atoms with van der Waals surface area (Å²) in [5, 5.41) is 21.5. The topological polar surface area (TPSA) is 190 Å². The number of urea groups is 2. The van der Waals surface area contributed by atoms with Crippen molar-refractivity contribution < 1.29 is 72.9 Å². The van der Waals surface area contributed by atoms with Gasteiger partial charge in [0, 0.05) is 24.3 Å². The Bertz CT molecular complexity index is 1470. The number of esters is 1. The SMILES string of the molecule is CC(=O)OCC1=C(C(=O)[O-])N2C(=O)C(NC(=O)C(NC(=O)N3CCN(N=C4C=CC(C)O4)C3=O)c3ccccc3)[C@@H]2SC1.[Na+]. The third kappa shape index (κ3) is 6.77. The number of hydrogen-bond acceptors (Lipinski definition) is 11. The number of imide groups is 1. The van der Waals surface area contributed by atoms with E-state index in [1.165, 1.54) is 18.7 Å². The molecule has 17 heteroatoms. The third-order valence-corrected chi connectivity index (χ3v) is 8.26. The van der Waals surface area contributed by atoms with E-state index in [1.54, 1.807) is 42.5 Å². The van der Waals surface area contributed by atoms with Crippen molar-refractivity contribution in [2.45, 2.75) is 37.4 Å². The van der Waals surface area contributed by atoms with Gasteiger partial charge in [0.15, 0.2) is 0 Å². The molecule has 44 heavy (non-hydrogen) atoms. The Balaban J connectivity index is 0.00000442. The van der Waals surface area contributed by atoms with Crippen molar-refractivity contribution in [1.82, 2.24) is 25.4 Å². The van der Waals surface area contributed by atoms with Crippen LogP contribution in [0.5, 0.6) is 0 Å². The Hall–Kier alpha value is -3.86. The molecule has 15 nitrogen and oxygen atoms in total. The van der Waals surface area contributed by atoms with Gasteiger partial charge in [-0.2, -0.15) is 0 Å². The van der Waals surface area contributed by atoms with Crippen LogP contribution in [-0.2, 0) is 28.7 Å². The number of ether oxygens (including phenoxy) is 2. The van der Waals surface area contributed by atoms with Crippen LogP contribution < -0.4 is 45.3 Å². The first-order valence-electron chi connectivity index (χ1n) is 13.2. The molecule has 1 aromatic carbocycles. The molecular formula is C27H27N6NaO9S. The monoisotopic (exact) mass is 634 g/mol. The predicted molar refractivity (Wildman–Crippen MR) is 147 cm³/mol. The predicted octanol–water partition coefficient (Wildman–Crippen LogP) is -3.57. The molecule has 2 fully saturated rings. The van der Waals surface area contributed by atoms with Gasteiger partial charge in [0.2, 0.25) is 11.8 Å². The van der Waals surface area contributed by atoms with E-state index in [0.29, 0.717) is 5.56 Å². The molecule has 6 amide bonds. The van der Waals surface area contributed by atoms with E-state index >= 15 is 0 Å². The van der Waals surface area contributed by atoms with Crippen LogP contribution in [0.4, 0.5) is 9.59 Å². The number of hydrazone groups is 1. The van der Waals surface area contributed by atoms with E-state index in [4.69, 9.17) is 9.47 Å². The number of carboxylic acid groups (broad SMARTS) is 1. The summed E-state index contributed by atoms with van der Waals surface area (Å²) in [6.45, 7) is 2.79. The van der Waals surface area contributed by atoms with E-state index < -0.39 is 59.0 Å². The molecule has 4 heterocycles. The average molecular weight is 635 g/mol. The zero-order chi connectivity index (χ0) is 30.8. The largest absolute Gasteiger partial charge is 1.00 e. The maximum absolute atomic E-state index is 13.5. The molecule has 4 atom stereocenters. The molecule has 0 bridgehead atoms. The van der Waals surface area contributed by atoms with Crippen molar-refractivity contribution >= 4 is 53.5 Å². The molecule has 2 saturated heterocycles. The number of carbonyl (C=O) groups is 6. The Morgan fingerprint density at radius 3 is 2.55 bits per heavy atom. The summed E-state index contributed by atoms with van der Waals surface area (Å²) in [7, 11) is 0. The smallest absolute Gasteiger partial charge is 0.543 e. The maximum Gasteiger partial charge on any atom is 1.00 e. The summed E-state index contributed by atoms with van der Waals surface area (Å²) in [6.07, 6.45) is 3.20. The van der Waals surface area contributed by atoms with Crippen LogP contribution in [0, 0.1) is 0 Å². The van der Waals surface area contributed by atoms with Gasteiger partial charge >= 0.3 is 47.6 Å². The fourth-order valence-corrected chi connectivity index (χ4v) is 6.15. The molecule has 0 aliphatic carbocycles. The molecule has 2 N–H and O–H groups in total. The van der Waals surface area contributed by atoms with Crippen LogP contribution in [0.3, 0.4) is 0 Å². The Labute approximate surface area is 277 Å². The van der Waals surface area contributed by atoms with Gasteiger partial charge in [-0.25, -0.2) is 19.5 Å². The van der Waals surface area contributed by atoms with Gasteiger partial charge < -0.3 is 30.0 Å². The molecule has 0 aromatic heterocycles. The number of carboxylic acids is 1. The van der Waals surface area contributed by atoms with E-state index in [2.05, 4.69) is 15.7 Å². The fraction of sp³-hybridized carbons (Fsp3) is 0.370. The van der Waals surface area contributed by atoms with Gasteiger partial charge in [-0.1, -0.05) is 30.3 Å². The molecule has 0 spiro atoms. The summed E-state index contributed by atoms with van der Waals surface area (Å²) in [5.74, 6) is -3.32. The standard InChI is InChI=1S/C27H28N6O9S.Na/c1-14-8-9-18(42-14)30-32-11-10-31(27(32)40)26(39)29-19(16-6-4-3-5-7-16)22(35)28-20-23(36)33-21(25(37)38)17(12-41-15(2)34)13-43-24(20)33;/h3-9,14,19-20,24H,10-13H2,1-2H3,(H,28,35)(H,29,39)(H,37,38);/q;+1/p-1/t14?,19?,20?,24-;/m0./s1. The van der Waals surface area contributed by atoms with Crippen LogP contribution in [-0.4, -0.2) is 99.5 Å². The Kier molecular flexibility index (Phi) is 10.4. The summed E-state index contributed by atoms with van der Waals surface area (Å²) >= 11 is 1.18. The number of fused-ring (bicyclic) bond motifs is 1. The first-order valence-corrected chi connectivity index (χ1v) is 14.3. The average Bonchev–Trinajstić information content (AvgIpc) is 3.57. The molecule has 4 aliphatic rings. The first kappa shape index (κ1) is 33.0. The second-order valence-electron chi connectivity index (χ2n) is 9.89. The van der Waals surface area contributed by atoms with Crippen LogP contribution in [0.2, 0.25) is 0 Å². The van der Waals surface area contributed by atoms with Gasteiger partial charge in [0.05, 0.1) is 24.8 Å². The van der Waals surface area contributed by atoms with Gasteiger partial charge in [0.1, 0.15) is 30.2 Å². The number of benzene rings is 1. The molecule has 4 aliphatic heterocycles. The quantitative estimate of drug-likeness (QED) is 0.164. The molecule has 226 valence electrons. The minimum Gasteiger partial charge on any atom is -0.543 e. The second-order valence-corrected chi connectivity index (χ2v) is 11.0. The zero-order valence-electron chi connectivity index (χ0n) is 24.1. The van der Waals surface area contributed by atoms with Gasteiger partial charge in [-0.05, 0) is 18.6 Å². The maximum atomic E-state index is 13.5. The minimum absolute atomic E-state index is 0. The minimum atomic E-state index is -1.61. The summed E-state index contributed by atoms with van der Waals surface area (Å²) in [6, 6.07) is 4.28. The third-order valence-electron chi connectivity index (χ3n) is 6.92. The number of aliphatic carboxylic acids is 1. The second kappa shape index (κ2) is 13.8. The van der Waals surface area contributed by atoms with Gasteiger partial charge in [0.25, 0.3) is 5.91 Å². The molecular weight excluding hydrogens is 607 g/mol. The van der Waals surface area contributed by atoms with Crippen LogP contribution in [0.1, 0.15) is 25.5 Å². The summed E-state index contributed by atoms with van der Waals surface area (Å²) in [4.78, 5) is 77.7. The number of thioether (sulfide) groups is 1. The van der Waals surface area contributed by atoms with Crippen molar-refractivity contribution in [1.29, 1.82) is 0 Å². The number of amides is 6. The van der Waals surface area contributed by atoms with Gasteiger partial charge in [-0.3, -0.25) is 19.3 Å². The Morgan fingerprint density at radius 2 is 1.91 bits per heavy atom. The number of nitrogens with one attached hydrogen (secondary N) is 2. The van der Waals surface area contributed by atoms with Crippen molar-refractivity contribution in [3.05, 3.63) is 59.3 Å². The molecule has 0 radical (unpaired) electrons. The van der Waals surface area contributed by atoms with E-state index in [1.807, 2.05) is 6.92 Å². The first-order chi connectivity index (χ1) is 20.5. The Morgan fingerprint density at radius 1 is 1.18 bits per heavy atom. The van der Waals surface area contributed by atoms with Crippen LogP contribution >= 0.6 is 11.8 Å². The molecule has 0 saturated carbocycles. The van der Waals surface area contributed by atoms with Gasteiger partial charge in [-0.15, -0.1) is 16.9 Å². The number of hydrogen-bond donors (Lipinski definition) is 2. The normalized spacial score (nSPS) is 23.8. The number of rotatable bonds is 8. The number of carbonyl (C=O) groups excluding carboxylic acids is 6. The van der Waals surface area contributed by atoms with E-state index in [9.17, 15) is 33.9 Å². The summed E-state index contributed by atoms with van der Waals surface area (Å²) < 4.78 is 10.4. The molecule has 5 rings (SSSR count). The van der Waals surface area contributed by atoms with Crippen LogP contribution in [0.15, 0.2) is 58.9 Å². The van der Waals surface area contributed by atoms with Crippen LogP contribution in [0.25, 0.3) is 0 Å². The van der Waals surface area contributed by atoms with E-state index in [0.717, 1.165) is 14.8 Å². The number of β-lactam (4-membered cyclic amide) rings is 1. The summed E-state index contributed by atoms with van der Waals surface area (Å²) in [5.41, 5.74) is 0.181. The molecule has 1 aromatic rings. The zero-order valence-corrected chi connectivity index (χ0v) is 26.9. The van der Waals surface area contributed by atoms with E-state index in [-0.39, 0.29) is 72.6 Å².